The number of anilines is 1. The fraction of sp³-hybridized carbons (Fsp3) is 0.235. The first kappa shape index (κ1) is 14.1. The van der Waals surface area contributed by atoms with E-state index < -0.39 is 0 Å². The van der Waals surface area contributed by atoms with Gasteiger partial charge in [-0.2, -0.15) is 0 Å². The van der Waals surface area contributed by atoms with Crippen LogP contribution in [0.5, 0.6) is 0 Å². The van der Waals surface area contributed by atoms with Crippen molar-refractivity contribution in [2.24, 2.45) is 0 Å². The Morgan fingerprint density at radius 2 is 1.95 bits per heavy atom. The molecule has 0 aromatic heterocycles. The Bertz CT molecular complexity index is 620. The summed E-state index contributed by atoms with van der Waals surface area (Å²) in [4.78, 5) is 11.5. The first-order valence-corrected chi connectivity index (χ1v) is 6.58. The molecule has 104 valence electrons. The largest absolute Gasteiger partial charge is 0.465 e. The van der Waals surface area contributed by atoms with Gasteiger partial charge in [-0.1, -0.05) is 35.9 Å². The highest BCUT2D eigenvalue weighted by molar-refractivity contribution is 5.90. The molecule has 0 fully saturated rings. The number of hydrogen-bond donors (Lipinski definition) is 1. The summed E-state index contributed by atoms with van der Waals surface area (Å²) in [6.07, 6.45) is 0. The van der Waals surface area contributed by atoms with E-state index in [2.05, 4.69) is 30.4 Å². The zero-order valence-electron chi connectivity index (χ0n) is 12.1. The zero-order chi connectivity index (χ0) is 14.5. The summed E-state index contributed by atoms with van der Waals surface area (Å²) >= 11 is 0. The van der Waals surface area contributed by atoms with Gasteiger partial charge in [-0.15, -0.1) is 0 Å². The molecule has 0 aliphatic heterocycles. The SMILES string of the molecule is COC(=O)c1ccc(C)c(NCc2cccc(C)c2)c1. The summed E-state index contributed by atoms with van der Waals surface area (Å²) in [5, 5.41) is 3.37. The highest BCUT2D eigenvalue weighted by atomic mass is 16.5. The number of aryl methyl sites for hydroxylation is 2. The van der Waals surface area contributed by atoms with E-state index >= 15 is 0 Å². The number of esters is 1. The zero-order valence-corrected chi connectivity index (χ0v) is 12.1. The molecule has 0 spiro atoms. The van der Waals surface area contributed by atoms with E-state index in [0.717, 1.165) is 17.8 Å². The molecule has 3 nitrogen and oxygen atoms in total. The highest BCUT2D eigenvalue weighted by Crippen LogP contribution is 2.18. The normalized spacial score (nSPS) is 10.2. The summed E-state index contributed by atoms with van der Waals surface area (Å²) in [5.74, 6) is -0.316. The minimum atomic E-state index is -0.316. The van der Waals surface area contributed by atoms with Gasteiger partial charge in [0.15, 0.2) is 0 Å². The van der Waals surface area contributed by atoms with Gasteiger partial charge in [0.05, 0.1) is 12.7 Å². The van der Waals surface area contributed by atoms with Gasteiger partial charge in [0.1, 0.15) is 0 Å². The minimum absolute atomic E-state index is 0.316. The molecule has 2 rings (SSSR count). The summed E-state index contributed by atoms with van der Waals surface area (Å²) < 4.78 is 4.74. The number of hydrogen-bond acceptors (Lipinski definition) is 3. The molecule has 2 aromatic rings. The van der Waals surface area contributed by atoms with Crippen molar-refractivity contribution in [3.05, 3.63) is 64.7 Å². The topological polar surface area (TPSA) is 38.3 Å². The highest BCUT2D eigenvalue weighted by Gasteiger charge is 2.07. The van der Waals surface area contributed by atoms with Crippen LogP contribution in [0.2, 0.25) is 0 Å². The summed E-state index contributed by atoms with van der Waals surface area (Å²) in [6, 6.07) is 13.9. The molecule has 1 N–H and O–H groups in total. The molecule has 0 aliphatic carbocycles. The van der Waals surface area contributed by atoms with Crippen molar-refractivity contribution in [3.63, 3.8) is 0 Å². The fourth-order valence-electron chi connectivity index (χ4n) is 2.08. The molecule has 0 unspecified atom stereocenters. The first-order chi connectivity index (χ1) is 9.60. The maximum Gasteiger partial charge on any atom is 0.337 e. The Morgan fingerprint density at radius 1 is 1.15 bits per heavy atom. The van der Waals surface area contributed by atoms with Crippen molar-refractivity contribution in [3.8, 4) is 0 Å². The second-order valence-electron chi connectivity index (χ2n) is 4.86. The second-order valence-corrected chi connectivity index (χ2v) is 4.86. The van der Waals surface area contributed by atoms with E-state index in [1.165, 1.54) is 18.2 Å². The number of nitrogens with one attached hydrogen (secondary N) is 1. The van der Waals surface area contributed by atoms with Gasteiger partial charge >= 0.3 is 5.97 Å². The molecule has 2 aromatic carbocycles. The average molecular weight is 269 g/mol. The van der Waals surface area contributed by atoms with Crippen LogP contribution in [0.1, 0.15) is 27.0 Å². The Balaban J connectivity index is 2.14. The maximum absolute atomic E-state index is 11.5. The molecule has 0 atom stereocenters. The third kappa shape index (κ3) is 3.38. The lowest BCUT2D eigenvalue weighted by atomic mass is 10.1. The van der Waals surface area contributed by atoms with Crippen LogP contribution in [0.4, 0.5) is 5.69 Å². The molecule has 3 heteroatoms. The quantitative estimate of drug-likeness (QED) is 0.860. The molecular weight excluding hydrogens is 250 g/mol. The van der Waals surface area contributed by atoms with Crippen molar-refractivity contribution < 1.29 is 9.53 Å². The summed E-state index contributed by atoms with van der Waals surface area (Å²) in [6.45, 7) is 4.82. The third-order valence-electron chi connectivity index (χ3n) is 3.22. The van der Waals surface area contributed by atoms with Crippen molar-refractivity contribution >= 4 is 11.7 Å². The average Bonchev–Trinajstić information content (AvgIpc) is 2.45. The van der Waals surface area contributed by atoms with Crippen molar-refractivity contribution in [1.29, 1.82) is 0 Å². The molecular formula is C17H19NO2. The Labute approximate surface area is 119 Å². The van der Waals surface area contributed by atoms with Crippen LogP contribution in [-0.2, 0) is 11.3 Å². The number of benzene rings is 2. The van der Waals surface area contributed by atoms with E-state index in [-0.39, 0.29) is 5.97 Å². The monoisotopic (exact) mass is 269 g/mol. The van der Waals surface area contributed by atoms with Crippen LogP contribution in [0, 0.1) is 13.8 Å². The predicted octanol–water partition coefficient (Wildman–Crippen LogP) is 3.70. The molecule has 20 heavy (non-hydrogen) atoms. The molecule has 0 heterocycles. The van der Waals surface area contributed by atoms with Gasteiger partial charge in [0.2, 0.25) is 0 Å². The maximum atomic E-state index is 11.5. The van der Waals surface area contributed by atoms with E-state index in [4.69, 9.17) is 4.74 Å². The van der Waals surface area contributed by atoms with Crippen molar-refractivity contribution in [1.82, 2.24) is 0 Å². The number of methoxy groups -OCH3 is 1. The molecule has 0 radical (unpaired) electrons. The number of rotatable bonds is 4. The first-order valence-electron chi connectivity index (χ1n) is 6.58. The standard InChI is InChI=1S/C17H19NO2/c1-12-5-4-6-14(9-12)11-18-16-10-15(17(19)20-3)8-7-13(16)2/h4-10,18H,11H2,1-3H3. The predicted molar refractivity (Wildman–Crippen MR) is 81.0 cm³/mol. The van der Waals surface area contributed by atoms with Crippen LogP contribution >= 0.6 is 0 Å². The van der Waals surface area contributed by atoms with Crippen LogP contribution in [0.3, 0.4) is 0 Å². The Morgan fingerprint density at radius 3 is 2.65 bits per heavy atom. The lowest BCUT2D eigenvalue weighted by Gasteiger charge is -2.11. The molecule has 0 saturated carbocycles. The van der Waals surface area contributed by atoms with E-state index in [1.807, 2.05) is 25.1 Å². The van der Waals surface area contributed by atoms with E-state index in [9.17, 15) is 4.79 Å². The van der Waals surface area contributed by atoms with Gasteiger partial charge in [-0.3, -0.25) is 0 Å². The lowest BCUT2D eigenvalue weighted by Crippen LogP contribution is -2.05. The number of carbonyl (C=O) groups excluding carboxylic acids is 1. The molecule has 0 saturated heterocycles. The smallest absolute Gasteiger partial charge is 0.337 e. The van der Waals surface area contributed by atoms with Crippen LogP contribution in [0.25, 0.3) is 0 Å². The summed E-state index contributed by atoms with van der Waals surface area (Å²) in [7, 11) is 1.39. The summed E-state index contributed by atoms with van der Waals surface area (Å²) in [5.41, 5.74) is 5.07. The van der Waals surface area contributed by atoms with E-state index in [1.54, 1.807) is 6.07 Å². The van der Waals surface area contributed by atoms with Crippen molar-refractivity contribution in [2.75, 3.05) is 12.4 Å². The van der Waals surface area contributed by atoms with Gasteiger partial charge in [-0.05, 0) is 37.1 Å². The van der Waals surface area contributed by atoms with E-state index in [0.29, 0.717) is 5.56 Å². The lowest BCUT2D eigenvalue weighted by molar-refractivity contribution is 0.0601. The minimum Gasteiger partial charge on any atom is -0.465 e. The van der Waals surface area contributed by atoms with Crippen LogP contribution in [0.15, 0.2) is 42.5 Å². The van der Waals surface area contributed by atoms with Crippen molar-refractivity contribution in [2.45, 2.75) is 20.4 Å². The van der Waals surface area contributed by atoms with Crippen LogP contribution < -0.4 is 5.32 Å². The van der Waals surface area contributed by atoms with Gasteiger partial charge in [-0.25, -0.2) is 4.79 Å². The Kier molecular flexibility index (Phi) is 4.41. The van der Waals surface area contributed by atoms with Gasteiger partial charge < -0.3 is 10.1 Å². The molecule has 0 amide bonds. The third-order valence-corrected chi connectivity index (χ3v) is 3.22. The Hall–Kier alpha value is -2.29. The number of ether oxygens (including phenoxy) is 1. The second kappa shape index (κ2) is 6.24. The van der Waals surface area contributed by atoms with Crippen LogP contribution in [-0.4, -0.2) is 13.1 Å². The van der Waals surface area contributed by atoms with Gasteiger partial charge in [0, 0.05) is 12.2 Å². The molecule has 0 aliphatic rings. The fourth-order valence-corrected chi connectivity index (χ4v) is 2.08. The molecule has 0 bridgehead atoms. The van der Waals surface area contributed by atoms with Gasteiger partial charge in [0.25, 0.3) is 0 Å². The number of carbonyl (C=O) groups is 1.